The highest BCUT2D eigenvalue weighted by atomic mass is 35.5. The number of nitrogens with zero attached hydrogens (tertiary/aromatic N) is 4. The number of aromatic nitrogens is 4. The van der Waals surface area contributed by atoms with Gasteiger partial charge in [-0.3, -0.25) is 0 Å². The molecule has 0 aliphatic heterocycles. The van der Waals surface area contributed by atoms with Crippen molar-refractivity contribution in [2.24, 2.45) is 0 Å². The molecule has 0 aliphatic rings. The molecule has 1 aromatic carbocycles. The Bertz CT molecular complexity index is 716. The van der Waals surface area contributed by atoms with Crippen LogP contribution in [0.4, 0.5) is 0 Å². The Balaban J connectivity index is 2.19. The molecule has 0 bridgehead atoms. The Kier molecular flexibility index (Phi) is 2.52. The summed E-state index contributed by atoms with van der Waals surface area (Å²) in [6.07, 6.45) is 0. The van der Waals surface area contributed by atoms with Crippen LogP contribution in [0.25, 0.3) is 17.2 Å². The quantitative estimate of drug-likeness (QED) is 0.630. The van der Waals surface area contributed by atoms with E-state index in [1.807, 2.05) is 38.1 Å². The predicted molar refractivity (Wildman–Crippen MR) is 70.7 cm³/mol. The van der Waals surface area contributed by atoms with Crippen LogP contribution in [-0.4, -0.2) is 19.6 Å². The standard InChI is InChI=1S/C13H11ClN4/c1-8-3-5-10(6-4-8)12-16-13-15-9(2)7-11(14)18(13)17-12/h3-7H,1-2H3. The first-order chi connectivity index (χ1) is 8.63. The van der Waals surface area contributed by atoms with Gasteiger partial charge in [-0.1, -0.05) is 41.4 Å². The number of halogens is 1. The van der Waals surface area contributed by atoms with E-state index in [4.69, 9.17) is 11.6 Å². The summed E-state index contributed by atoms with van der Waals surface area (Å²) in [6, 6.07) is 9.81. The topological polar surface area (TPSA) is 43.1 Å². The van der Waals surface area contributed by atoms with Crippen molar-refractivity contribution in [1.29, 1.82) is 0 Å². The Labute approximate surface area is 109 Å². The molecule has 0 saturated heterocycles. The van der Waals surface area contributed by atoms with Crippen molar-refractivity contribution in [2.45, 2.75) is 13.8 Å². The number of hydrogen-bond donors (Lipinski definition) is 0. The van der Waals surface area contributed by atoms with Crippen molar-refractivity contribution in [1.82, 2.24) is 19.6 Å². The van der Waals surface area contributed by atoms with Crippen molar-refractivity contribution in [3.05, 3.63) is 46.7 Å². The van der Waals surface area contributed by atoms with Crippen molar-refractivity contribution < 1.29 is 0 Å². The number of aryl methyl sites for hydroxylation is 2. The summed E-state index contributed by atoms with van der Waals surface area (Å²) in [5.74, 6) is 1.16. The van der Waals surface area contributed by atoms with E-state index in [0.29, 0.717) is 16.8 Å². The SMILES string of the molecule is Cc1ccc(-c2nc3nc(C)cc(Cl)n3n2)cc1. The van der Waals surface area contributed by atoms with Gasteiger partial charge in [0.1, 0.15) is 5.15 Å². The first kappa shape index (κ1) is 11.2. The lowest BCUT2D eigenvalue weighted by Crippen LogP contribution is -1.94. The molecule has 2 heterocycles. The van der Waals surface area contributed by atoms with Gasteiger partial charge >= 0.3 is 0 Å². The molecule has 0 unspecified atom stereocenters. The summed E-state index contributed by atoms with van der Waals surface area (Å²) in [7, 11) is 0. The second kappa shape index (κ2) is 4.07. The van der Waals surface area contributed by atoms with E-state index in [2.05, 4.69) is 15.1 Å². The summed E-state index contributed by atoms with van der Waals surface area (Å²) >= 11 is 6.11. The van der Waals surface area contributed by atoms with Gasteiger partial charge in [-0.25, -0.2) is 4.98 Å². The van der Waals surface area contributed by atoms with Gasteiger partial charge in [0.25, 0.3) is 5.78 Å². The third-order valence-corrected chi connectivity index (χ3v) is 2.98. The van der Waals surface area contributed by atoms with Crippen LogP contribution in [0, 0.1) is 13.8 Å². The third kappa shape index (κ3) is 1.84. The van der Waals surface area contributed by atoms with Gasteiger partial charge in [0.15, 0.2) is 5.82 Å². The zero-order chi connectivity index (χ0) is 12.7. The Hall–Kier alpha value is -1.94. The van der Waals surface area contributed by atoms with Gasteiger partial charge in [0, 0.05) is 11.3 Å². The highest BCUT2D eigenvalue weighted by molar-refractivity contribution is 6.29. The highest BCUT2D eigenvalue weighted by Gasteiger charge is 2.09. The van der Waals surface area contributed by atoms with Crippen molar-refractivity contribution >= 4 is 17.4 Å². The monoisotopic (exact) mass is 258 g/mol. The van der Waals surface area contributed by atoms with E-state index in [0.717, 1.165) is 11.3 Å². The van der Waals surface area contributed by atoms with E-state index in [1.54, 1.807) is 10.6 Å². The molecule has 4 nitrogen and oxygen atoms in total. The minimum absolute atomic E-state index is 0.517. The fourth-order valence-corrected chi connectivity index (χ4v) is 2.04. The van der Waals surface area contributed by atoms with E-state index >= 15 is 0 Å². The fourth-order valence-electron chi connectivity index (χ4n) is 1.77. The predicted octanol–water partition coefficient (Wildman–Crippen LogP) is 3.06. The molecule has 3 aromatic rings. The maximum atomic E-state index is 6.11. The van der Waals surface area contributed by atoms with Gasteiger partial charge in [-0.2, -0.15) is 9.50 Å². The van der Waals surface area contributed by atoms with Crippen LogP contribution in [0.2, 0.25) is 5.15 Å². The average molecular weight is 259 g/mol. The lowest BCUT2D eigenvalue weighted by molar-refractivity contribution is 0.933. The van der Waals surface area contributed by atoms with Gasteiger partial charge in [-0.15, -0.1) is 5.10 Å². The van der Waals surface area contributed by atoms with Crippen LogP contribution in [0.15, 0.2) is 30.3 Å². The van der Waals surface area contributed by atoms with Crippen LogP contribution in [-0.2, 0) is 0 Å². The number of fused-ring (bicyclic) bond motifs is 1. The van der Waals surface area contributed by atoms with Crippen LogP contribution in [0.1, 0.15) is 11.3 Å². The molecule has 0 spiro atoms. The number of rotatable bonds is 1. The molecule has 0 fully saturated rings. The minimum Gasteiger partial charge on any atom is -0.216 e. The summed E-state index contributed by atoms with van der Waals surface area (Å²) < 4.78 is 1.55. The lowest BCUT2D eigenvalue weighted by atomic mass is 10.1. The fraction of sp³-hybridized carbons (Fsp3) is 0.154. The van der Waals surface area contributed by atoms with Crippen molar-refractivity contribution in [2.75, 3.05) is 0 Å². The molecule has 5 heteroatoms. The van der Waals surface area contributed by atoms with Gasteiger partial charge in [-0.05, 0) is 19.9 Å². The number of benzene rings is 1. The van der Waals surface area contributed by atoms with Crippen LogP contribution >= 0.6 is 11.6 Å². The second-order valence-corrected chi connectivity index (χ2v) is 4.62. The molecule has 0 saturated carbocycles. The molecular formula is C13H11ClN4. The zero-order valence-electron chi connectivity index (χ0n) is 10.1. The van der Waals surface area contributed by atoms with E-state index in [-0.39, 0.29) is 0 Å². The normalized spacial score (nSPS) is 11.1. The smallest absolute Gasteiger partial charge is 0.216 e. The molecule has 18 heavy (non-hydrogen) atoms. The number of hydrogen-bond acceptors (Lipinski definition) is 3. The molecule has 2 aromatic heterocycles. The molecule has 0 amide bonds. The largest absolute Gasteiger partial charge is 0.254 e. The lowest BCUT2D eigenvalue weighted by Gasteiger charge is -1.96. The summed E-state index contributed by atoms with van der Waals surface area (Å²) in [6.45, 7) is 3.93. The van der Waals surface area contributed by atoms with Crippen LogP contribution in [0.3, 0.4) is 0 Å². The van der Waals surface area contributed by atoms with Gasteiger partial charge in [0.05, 0.1) is 0 Å². The van der Waals surface area contributed by atoms with E-state index in [1.165, 1.54) is 5.56 Å². The Morgan fingerprint density at radius 2 is 1.78 bits per heavy atom. The maximum Gasteiger partial charge on any atom is 0.254 e. The first-order valence-corrected chi connectivity index (χ1v) is 5.98. The summed E-state index contributed by atoms with van der Waals surface area (Å²) in [4.78, 5) is 8.70. The maximum absolute atomic E-state index is 6.11. The van der Waals surface area contributed by atoms with Crippen LogP contribution in [0.5, 0.6) is 0 Å². The zero-order valence-corrected chi connectivity index (χ0v) is 10.8. The van der Waals surface area contributed by atoms with Crippen molar-refractivity contribution in [3.8, 4) is 11.4 Å². The van der Waals surface area contributed by atoms with Gasteiger partial charge in [0.2, 0.25) is 0 Å². The first-order valence-electron chi connectivity index (χ1n) is 5.60. The van der Waals surface area contributed by atoms with Crippen LogP contribution < -0.4 is 0 Å². The third-order valence-electron chi connectivity index (χ3n) is 2.71. The highest BCUT2D eigenvalue weighted by Crippen LogP contribution is 2.18. The molecule has 0 atom stereocenters. The van der Waals surface area contributed by atoms with E-state index < -0.39 is 0 Å². The average Bonchev–Trinajstić information content (AvgIpc) is 2.74. The molecule has 90 valence electrons. The summed E-state index contributed by atoms with van der Waals surface area (Å²) in [5.41, 5.74) is 2.99. The summed E-state index contributed by atoms with van der Waals surface area (Å²) in [5, 5.41) is 4.88. The molecule has 0 radical (unpaired) electrons. The molecular weight excluding hydrogens is 248 g/mol. The Morgan fingerprint density at radius 3 is 2.50 bits per heavy atom. The molecule has 3 rings (SSSR count). The molecule has 0 aliphatic carbocycles. The minimum atomic E-state index is 0.517. The second-order valence-electron chi connectivity index (χ2n) is 4.23. The van der Waals surface area contributed by atoms with E-state index in [9.17, 15) is 0 Å². The van der Waals surface area contributed by atoms with Crippen molar-refractivity contribution in [3.63, 3.8) is 0 Å². The molecule has 0 N–H and O–H groups in total. The Morgan fingerprint density at radius 1 is 1.06 bits per heavy atom. The van der Waals surface area contributed by atoms with Gasteiger partial charge < -0.3 is 0 Å².